The summed E-state index contributed by atoms with van der Waals surface area (Å²) in [7, 11) is 0. The summed E-state index contributed by atoms with van der Waals surface area (Å²) in [5.41, 5.74) is 4.18. The summed E-state index contributed by atoms with van der Waals surface area (Å²) in [5.74, 6) is 0.820. The van der Waals surface area contributed by atoms with Gasteiger partial charge in [-0.1, -0.05) is 0 Å². The highest BCUT2D eigenvalue weighted by Crippen LogP contribution is 2.07. The summed E-state index contributed by atoms with van der Waals surface area (Å²) in [6.07, 6.45) is 7.25. The molecule has 0 spiro atoms. The van der Waals surface area contributed by atoms with Gasteiger partial charge in [0.2, 0.25) is 0 Å². The minimum absolute atomic E-state index is 0.820. The number of rotatable bonds is 3. The van der Waals surface area contributed by atoms with E-state index < -0.39 is 0 Å². The number of hydrogen-bond acceptors (Lipinski definition) is 4. The van der Waals surface area contributed by atoms with E-state index in [-0.39, 0.29) is 0 Å². The topological polar surface area (TPSA) is 51.6 Å². The zero-order valence-electron chi connectivity index (χ0n) is 10.4. The molecule has 0 aliphatic heterocycles. The zero-order valence-corrected chi connectivity index (χ0v) is 10.4. The van der Waals surface area contributed by atoms with Crippen molar-refractivity contribution in [3.05, 3.63) is 47.1 Å². The Balaban J connectivity index is 2.07. The quantitative estimate of drug-likeness (QED) is 0.806. The van der Waals surface area contributed by atoms with E-state index in [0.29, 0.717) is 0 Å². The second-order valence-electron chi connectivity index (χ2n) is 4.20. The molecule has 0 N–H and O–H groups in total. The Hall–Kier alpha value is -1.84. The van der Waals surface area contributed by atoms with E-state index >= 15 is 0 Å². The van der Waals surface area contributed by atoms with E-state index in [0.717, 1.165) is 41.3 Å². The lowest BCUT2D eigenvalue weighted by Gasteiger charge is -2.05. The normalized spacial score (nSPS) is 10.5. The predicted molar refractivity (Wildman–Crippen MR) is 65.7 cm³/mol. The van der Waals surface area contributed by atoms with Crippen LogP contribution in [0, 0.1) is 20.8 Å². The highest BCUT2D eigenvalue weighted by molar-refractivity contribution is 5.16. The maximum Gasteiger partial charge on any atom is 0.125 e. The predicted octanol–water partition coefficient (Wildman–Crippen LogP) is 1.98. The first kappa shape index (κ1) is 11.6. The van der Waals surface area contributed by atoms with Crippen LogP contribution in [-0.2, 0) is 12.8 Å². The molecule has 0 aliphatic carbocycles. The number of aromatic nitrogens is 4. The molecular formula is C13H16N4. The van der Waals surface area contributed by atoms with E-state index in [1.165, 1.54) is 0 Å². The van der Waals surface area contributed by atoms with Gasteiger partial charge in [-0.2, -0.15) is 0 Å². The van der Waals surface area contributed by atoms with Crippen LogP contribution in [0.25, 0.3) is 0 Å². The van der Waals surface area contributed by atoms with Gasteiger partial charge in [-0.15, -0.1) is 0 Å². The van der Waals surface area contributed by atoms with Crippen LogP contribution in [0.2, 0.25) is 0 Å². The van der Waals surface area contributed by atoms with Gasteiger partial charge >= 0.3 is 0 Å². The Kier molecular flexibility index (Phi) is 3.42. The molecule has 17 heavy (non-hydrogen) atoms. The summed E-state index contributed by atoms with van der Waals surface area (Å²) in [6, 6.07) is 0. The molecule has 2 aromatic heterocycles. The van der Waals surface area contributed by atoms with Crippen LogP contribution in [0.5, 0.6) is 0 Å². The van der Waals surface area contributed by atoms with Gasteiger partial charge in [0.05, 0.1) is 11.4 Å². The molecule has 0 aromatic carbocycles. The van der Waals surface area contributed by atoms with E-state index in [1.54, 1.807) is 6.20 Å². The SMILES string of the molecule is Cc1cnc(CCc2nc(C)ncc2C)cn1. The third-order valence-corrected chi connectivity index (χ3v) is 2.65. The Morgan fingerprint density at radius 2 is 1.71 bits per heavy atom. The number of nitrogens with zero attached hydrogens (tertiary/aromatic N) is 4. The molecule has 2 aromatic rings. The molecule has 0 saturated carbocycles. The lowest BCUT2D eigenvalue weighted by molar-refractivity contribution is 0.834. The smallest absolute Gasteiger partial charge is 0.125 e. The van der Waals surface area contributed by atoms with Gasteiger partial charge in [-0.25, -0.2) is 9.97 Å². The second kappa shape index (κ2) is 4.99. The van der Waals surface area contributed by atoms with Crippen LogP contribution in [0.1, 0.15) is 28.5 Å². The van der Waals surface area contributed by atoms with E-state index in [1.807, 2.05) is 33.2 Å². The molecule has 88 valence electrons. The van der Waals surface area contributed by atoms with Crippen LogP contribution in [0.15, 0.2) is 18.6 Å². The van der Waals surface area contributed by atoms with Crippen molar-refractivity contribution in [3.8, 4) is 0 Å². The lowest BCUT2D eigenvalue weighted by Crippen LogP contribution is -2.02. The largest absolute Gasteiger partial charge is 0.258 e. The molecule has 4 heteroatoms. The fraction of sp³-hybridized carbons (Fsp3) is 0.385. The van der Waals surface area contributed by atoms with Gasteiger partial charge in [0.25, 0.3) is 0 Å². The summed E-state index contributed by atoms with van der Waals surface area (Å²) in [6.45, 7) is 5.89. The zero-order chi connectivity index (χ0) is 12.3. The van der Waals surface area contributed by atoms with Gasteiger partial charge in [-0.05, 0) is 39.2 Å². The monoisotopic (exact) mass is 228 g/mol. The first-order valence-electron chi connectivity index (χ1n) is 5.72. The molecule has 0 bridgehead atoms. The minimum Gasteiger partial charge on any atom is -0.258 e. The van der Waals surface area contributed by atoms with Gasteiger partial charge in [0.15, 0.2) is 0 Å². The third kappa shape index (κ3) is 3.06. The van der Waals surface area contributed by atoms with Gasteiger partial charge in [0, 0.05) is 24.3 Å². The van der Waals surface area contributed by atoms with Crippen molar-refractivity contribution in [2.24, 2.45) is 0 Å². The van der Waals surface area contributed by atoms with Gasteiger partial charge in [-0.3, -0.25) is 9.97 Å². The average Bonchev–Trinajstić information content (AvgIpc) is 2.32. The first-order chi connectivity index (χ1) is 8.15. The summed E-state index contributed by atoms with van der Waals surface area (Å²) < 4.78 is 0. The van der Waals surface area contributed by atoms with Crippen molar-refractivity contribution in [2.75, 3.05) is 0 Å². The maximum atomic E-state index is 4.45. The highest BCUT2D eigenvalue weighted by atomic mass is 14.9. The first-order valence-corrected chi connectivity index (χ1v) is 5.72. The molecule has 0 radical (unpaired) electrons. The van der Waals surface area contributed by atoms with Crippen LogP contribution < -0.4 is 0 Å². The van der Waals surface area contributed by atoms with E-state index in [9.17, 15) is 0 Å². The Labute approximate surface area is 101 Å². The molecule has 0 aliphatic rings. The standard InChI is InChI=1S/C13H16N4/c1-9-6-15-11(3)17-13(9)5-4-12-8-14-10(2)7-16-12/h6-8H,4-5H2,1-3H3. The summed E-state index contributed by atoms with van der Waals surface area (Å²) >= 11 is 0. The Bertz CT molecular complexity index is 505. The van der Waals surface area contributed by atoms with Crippen molar-refractivity contribution >= 4 is 0 Å². The molecule has 0 atom stereocenters. The van der Waals surface area contributed by atoms with Crippen LogP contribution in [0.3, 0.4) is 0 Å². The average molecular weight is 228 g/mol. The molecular weight excluding hydrogens is 212 g/mol. The minimum atomic E-state index is 0.820. The Morgan fingerprint density at radius 1 is 0.882 bits per heavy atom. The fourth-order valence-corrected chi connectivity index (χ4v) is 1.63. The fourth-order valence-electron chi connectivity index (χ4n) is 1.63. The highest BCUT2D eigenvalue weighted by Gasteiger charge is 2.03. The van der Waals surface area contributed by atoms with Crippen molar-refractivity contribution in [3.63, 3.8) is 0 Å². The lowest BCUT2D eigenvalue weighted by atomic mass is 10.1. The molecule has 4 nitrogen and oxygen atoms in total. The molecule has 2 rings (SSSR count). The maximum absolute atomic E-state index is 4.45. The van der Waals surface area contributed by atoms with E-state index in [2.05, 4.69) is 19.9 Å². The summed E-state index contributed by atoms with van der Waals surface area (Å²) in [5, 5.41) is 0. The molecule has 0 unspecified atom stereocenters. The van der Waals surface area contributed by atoms with Crippen molar-refractivity contribution in [1.82, 2.24) is 19.9 Å². The van der Waals surface area contributed by atoms with Crippen molar-refractivity contribution < 1.29 is 0 Å². The molecule has 0 amide bonds. The number of hydrogen-bond donors (Lipinski definition) is 0. The van der Waals surface area contributed by atoms with E-state index in [4.69, 9.17) is 0 Å². The molecule has 2 heterocycles. The van der Waals surface area contributed by atoms with Crippen LogP contribution in [-0.4, -0.2) is 19.9 Å². The van der Waals surface area contributed by atoms with Gasteiger partial charge < -0.3 is 0 Å². The molecule has 0 fully saturated rings. The summed E-state index contributed by atoms with van der Waals surface area (Å²) in [4.78, 5) is 17.2. The van der Waals surface area contributed by atoms with Crippen LogP contribution in [0.4, 0.5) is 0 Å². The van der Waals surface area contributed by atoms with Crippen LogP contribution >= 0.6 is 0 Å². The van der Waals surface area contributed by atoms with Crippen molar-refractivity contribution in [2.45, 2.75) is 33.6 Å². The second-order valence-corrected chi connectivity index (χ2v) is 4.20. The third-order valence-electron chi connectivity index (χ3n) is 2.65. The number of aryl methyl sites for hydroxylation is 5. The van der Waals surface area contributed by atoms with Crippen molar-refractivity contribution in [1.29, 1.82) is 0 Å². The van der Waals surface area contributed by atoms with Gasteiger partial charge in [0.1, 0.15) is 5.82 Å². The Morgan fingerprint density at radius 3 is 2.41 bits per heavy atom. The molecule has 0 saturated heterocycles.